The first-order valence-corrected chi connectivity index (χ1v) is 5.75. The standard InChI is InChI=1S/C12H21N3O/c1-9(2)5-4-6-16-8-12-14-10(3)7-11(13)15-12/h7,9H,4-6,8H2,1-3H3,(H2,13,14,15). The third-order valence-electron chi connectivity index (χ3n) is 2.22. The van der Waals surface area contributed by atoms with Gasteiger partial charge in [0, 0.05) is 18.4 Å². The summed E-state index contributed by atoms with van der Waals surface area (Å²) < 4.78 is 5.50. The molecule has 0 aromatic carbocycles. The molecule has 0 amide bonds. The number of nitrogen functional groups attached to an aromatic ring is 1. The fourth-order valence-electron chi connectivity index (χ4n) is 1.48. The summed E-state index contributed by atoms with van der Waals surface area (Å²) in [7, 11) is 0. The van der Waals surface area contributed by atoms with Gasteiger partial charge >= 0.3 is 0 Å². The lowest BCUT2D eigenvalue weighted by molar-refractivity contribution is 0.109. The number of hydrogen-bond acceptors (Lipinski definition) is 4. The van der Waals surface area contributed by atoms with Crippen molar-refractivity contribution in [3.63, 3.8) is 0 Å². The summed E-state index contributed by atoms with van der Waals surface area (Å²) in [6.45, 7) is 7.54. The van der Waals surface area contributed by atoms with Gasteiger partial charge in [-0.3, -0.25) is 0 Å². The summed E-state index contributed by atoms with van der Waals surface area (Å²) in [5.74, 6) is 1.91. The minimum Gasteiger partial charge on any atom is -0.384 e. The van der Waals surface area contributed by atoms with Gasteiger partial charge in [-0.25, -0.2) is 9.97 Å². The maximum atomic E-state index is 5.62. The average Bonchev–Trinajstić information content (AvgIpc) is 2.15. The van der Waals surface area contributed by atoms with E-state index in [1.54, 1.807) is 6.07 Å². The summed E-state index contributed by atoms with van der Waals surface area (Å²) in [6.07, 6.45) is 2.27. The molecule has 0 saturated carbocycles. The van der Waals surface area contributed by atoms with Crippen molar-refractivity contribution in [3.8, 4) is 0 Å². The van der Waals surface area contributed by atoms with Gasteiger partial charge in [-0.05, 0) is 25.7 Å². The molecule has 1 rings (SSSR count). The molecule has 0 aliphatic carbocycles. The first-order chi connectivity index (χ1) is 7.58. The van der Waals surface area contributed by atoms with Crippen LogP contribution < -0.4 is 5.73 Å². The number of aryl methyl sites for hydroxylation is 1. The smallest absolute Gasteiger partial charge is 0.156 e. The van der Waals surface area contributed by atoms with Gasteiger partial charge in [0.25, 0.3) is 0 Å². The number of ether oxygens (including phenoxy) is 1. The van der Waals surface area contributed by atoms with Crippen LogP contribution in [0.15, 0.2) is 6.07 Å². The number of rotatable bonds is 6. The Bertz CT molecular complexity index is 306. The maximum absolute atomic E-state index is 5.62. The molecule has 0 aliphatic rings. The molecule has 0 aliphatic heterocycles. The van der Waals surface area contributed by atoms with Crippen molar-refractivity contribution in [1.29, 1.82) is 0 Å². The third-order valence-corrected chi connectivity index (χ3v) is 2.22. The largest absolute Gasteiger partial charge is 0.384 e. The lowest BCUT2D eigenvalue weighted by Gasteiger charge is -2.06. The topological polar surface area (TPSA) is 61.0 Å². The third kappa shape index (κ3) is 5.07. The molecule has 2 N–H and O–H groups in total. The molecule has 1 aromatic heterocycles. The maximum Gasteiger partial charge on any atom is 0.156 e. The average molecular weight is 223 g/mol. The monoisotopic (exact) mass is 223 g/mol. The van der Waals surface area contributed by atoms with E-state index in [2.05, 4.69) is 23.8 Å². The van der Waals surface area contributed by atoms with Crippen molar-refractivity contribution >= 4 is 5.82 Å². The molecule has 90 valence electrons. The molecule has 0 atom stereocenters. The van der Waals surface area contributed by atoms with Crippen molar-refractivity contribution < 1.29 is 4.74 Å². The van der Waals surface area contributed by atoms with E-state index in [4.69, 9.17) is 10.5 Å². The van der Waals surface area contributed by atoms with E-state index < -0.39 is 0 Å². The molecule has 0 saturated heterocycles. The molecule has 0 unspecified atom stereocenters. The van der Waals surface area contributed by atoms with E-state index in [1.807, 2.05) is 6.92 Å². The highest BCUT2D eigenvalue weighted by Gasteiger charge is 2.00. The number of anilines is 1. The van der Waals surface area contributed by atoms with Crippen LogP contribution in [0.3, 0.4) is 0 Å². The Kier molecular flexibility index (Phi) is 5.19. The Labute approximate surface area is 97.2 Å². The predicted molar refractivity (Wildman–Crippen MR) is 64.9 cm³/mol. The molecular weight excluding hydrogens is 202 g/mol. The van der Waals surface area contributed by atoms with Crippen LogP contribution in [0, 0.1) is 12.8 Å². The zero-order chi connectivity index (χ0) is 12.0. The van der Waals surface area contributed by atoms with E-state index in [0.717, 1.165) is 24.6 Å². The minimum atomic E-state index is 0.448. The lowest BCUT2D eigenvalue weighted by Crippen LogP contribution is -2.04. The Hall–Kier alpha value is -1.16. The minimum absolute atomic E-state index is 0.448. The van der Waals surface area contributed by atoms with E-state index in [1.165, 1.54) is 6.42 Å². The SMILES string of the molecule is Cc1cc(N)nc(COCCCC(C)C)n1. The van der Waals surface area contributed by atoms with E-state index in [-0.39, 0.29) is 0 Å². The molecule has 1 aromatic rings. The van der Waals surface area contributed by atoms with Crippen molar-refractivity contribution in [1.82, 2.24) is 9.97 Å². The van der Waals surface area contributed by atoms with Gasteiger partial charge in [0.15, 0.2) is 5.82 Å². The fourth-order valence-corrected chi connectivity index (χ4v) is 1.48. The molecule has 0 spiro atoms. The highest BCUT2D eigenvalue weighted by molar-refractivity contribution is 5.28. The zero-order valence-corrected chi connectivity index (χ0v) is 10.4. The van der Waals surface area contributed by atoms with Crippen molar-refractivity contribution in [2.24, 2.45) is 5.92 Å². The summed E-state index contributed by atoms with van der Waals surface area (Å²) in [5, 5.41) is 0. The highest BCUT2D eigenvalue weighted by atomic mass is 16.5. The van der Waals surface area contributed by atoms with Crippen LogP contribution >= 0.6 is 0 Å². The van der Waals surface area contributed by atoms with Crippen molar-refractivity contribution in [2.75, 3.05) is 12.3 Å². The molecule has 4 heteroatoms. The molecule has 16 heavy (non-hydrogen) atoms. The van der Waals surface area contributed by atoms with Gasteiger partial charge in [-0.1, -0.05) is 13.8 Å². The van der Waals surface area contributed by atoms with Crippen LogP contribution in [-0.2, 0) is 11.3 Å². The Morgan fingerprint density at radius 1 is 1.38 bits per heavy atom. The van der Waals surface area contributed by atoms with Crippen LogP contribution in [0.25, 0.3) is 0 Å². The van der Waals surface area contributed by atoms with Crippen LogP contribution in [0.5, 0.6) is 0 Å². The van der Waals surface area contributed by atoms with E-state index in [0.29, 0.717) is 18.2 Å². The summed E-state index contributed by atoms with van der Waals surface area (Å²) in [5.41, 5.74) is 6.51. The molecule has 0 radical (unpaired) electrons. The van der Waals surface area contributed by atoms with Crippen LogP contribution in [0.2, 0.25) is 0 Å². The first kappa shape index (κ1) is 12.9. The molecule has 4 nitrogen and oxygen atoms in total. The second-order valence-electron chi connectivity index (χ2n) is 4.44. The molecule has 0 fully saturated rings. The Morgan fingerprint density at radius 3 is 2.75 bits per heavy atom. The Balaban J connectivity index is 2.26. The number of hydrogen-bond donors (Lipinski definition) is 1. The van der Waals surface area contributed by atoms with Crippen molar-refractivity contribution in [2.45, 2.75) is 40.2 Å². The summed E-state index contributed by atoms with van der Waals surface area (Å²) in [4.78, 5) is 8.36. The fraction of sp³-hybridized carbons (Fsp3) is 0.667. The van der Waals surface area contributed by atoms with E-state index >= 15 is 0 Å². The zero-order valence-electron chi connectivity index (χ0n) is 10.4. The Morgan fingerprint density at radius 2 is 2.12 bits per heavy atom. The summed E-state index contributed by atoms with van der Waals surface area (Å²) >= 11 is 0. The number of aromatic nitrogens is 2. The molecular formula is C12H21N3O. The van der Waals surface area contributed by atoms with Gasteiger partial charge in [0.1, 0.15) is 12.4 Å². The predicted octanol–water partition coefficient (Wildman–Crippen LogP) is 2.32. The van der Waals surface area contributed by atoms with E-state index in [9.17, 15) is 0 Å². The number of nitrogens with two attached hydrogens (primary N) is 1. The van der Waals surface area contributed by atoms with Crippen molar-refractivity contribution in [3.05, 3.63) is 17.6 Å². The lowest BCUT2D eigenvalue weighted by atomic mass is 10.1. The summed E-state index contributed by atoms with van der Waals surface area (Å²) in [6, 6.07) is 1.75. The normalized spacial score (nSPS) is 11.0. The van der Waals surface area contributed by atoms with Gasteiger partial charge in [-0.2, -0.15) is 0 Å². The van der Waals surface area contributed by atoms with Crippen LogP contribution in [0.1, 0.15) is 38.2 Å². The molecule has 1 heterocycles. The quantitative estimate of drug-likeness (QED) is 0.752. The van der Waals surface area contributed by atoms with Gasteiger partial charge < -0.3 is 10.5 Å². The first-order valence-electron chi connectivity index (χ1n) is 5.75. The second kappa shape index (κ2) is 6.43. The van der Waals surface area contributed by atoms with Gasteiger partial charge in [-0.15, -0.1) is 0 Å². The second-order valence-corrected chi connectivity index (χ2v) is 4.44. The van der Waals surface area contributed by atoms with Gasteiger partial charge in [0.05, 0.1) is 0 Å². The molecule has 0 bridgehead atoms. The van der Waals surface area contributed by atoms with Gasteiger partial charge in [0.2, 0.25) is 0 Å². The van der Waals surface area contributed by atoms with Crippen LogP contribution in [-0.4, -0.2) is 16.6 Å². The highest BCUT2D eigenvalue weighted by Crippen LogP contribution is 2.05. The van der Waals surface area contributed by atoms with Crippen LogP contribution in [0.4, 0.5) is 5.82 Å². The number of nitrogens with zero attached hydrogens (tertiary/aromatic N) is 2.